The maximum Gasteiger partial charge on any atom is 0.312 e. The van der Waals surface area contributed by atoms with Gasteiger partial charge in [-0.15, -0.1) is 0 Å². The fourth-order valence-electron chi connectivity index (χ4n) is 7.56. The molecule has 3 saturated carbocycles. The van der Waals surface area contributed by atoms with Gasteiger partial charge in [0.1, 0.15) is 12.2 Å². The van der Waals surface area contributed by atoms with E-state index in [4.69, 9.17) is 4.74 Å². The Labute approximate surface area is 199 Å². The lowest BCUT2D eigenvalue weighted by molar-refractivity contribution is -0.189. The number of aliphatic hydroxyl groups excluding tert-OH is 1. The van der Waals surface area contributed by atoms with E-state index in [0.717, 1.165) is 11.8 Å². The number of rotatable bonds is 5. The molecule has 0 bridgehead atoms. The Morgan fingerprint density at radius 3 is 2.56 bits per heavy atom. The van der Waals surface area contributed by atoms with Crippen molar-refractivity contribution in [1.29, 1.82) is 0 Å². The van der Waals surface area contributed by atoms with Gasteiger partial charge in [-0.25, -0.2) is 0 Å². The molecule has 4 rings (SSSR count). The number of carbonyl (C=O) groups excluding carboxylic acids is 3. The highest BCUT2D eigenvalue weighted by molar-refractivity contribution is 7.86. The molecule has 2 N–H and O–H groups in total. The molecule has 0 saturated heterocycles. The Hall–Kier alpha value is -1.88. The lowest BCUT2D eigenvalue weighted by atomic mass is 9.46. The average molecular weight is 497 g/mol. The Kier molecular flexibility index (Phi) is 5.99. The van der Waals surface area contributed by atoms with Gasteiger partial charge < -0.3 is 14.9 Å². The minimum Gasteiger partial charge on any atom is -0.469 e. The van der Waals surface area contributed by atoms with E-state index < -0.39 is 56.9 Å². The third-order valence-electron chi connectivity index (χ3n) is 9.07. The van der Waals surface area contributed by atoms with Crippen LogP contribution in [0.2, 0.25) is 0 Å². The zero-order chi connectivity index (χ0) is 25.3. The van der Waals surface area contributed by atoms with E-state index in [2.05, 4.69) is 4.18 Å². The first-order valence-electron chi connectivity index (χ1n) is 11.5. The van der Waals surface area contributed by atoms with Crippen molar-refractivity contribution < 1.29 is 41.9 Å². The maximum absolute atomic E-state index is 13.3. The number of methoxy groups -OCH3 is 1. The second-order valence-corrected chi connectivity index (χ2v) is 12.3. The van der Waals surface area contributed by atoms with Gasteiger partial charge in [0.2, 0.25) is 0 Å². The van der Waals surface area contributed by atoms with Crippen molar-refractivity contribution in [3.05, 3.63) is 23.8 Å². The zero-order valence-corrected chi connectivity index (χ0v) is 20.6. The molecule has 188 valence electrons. The number of aliphatic hydroxyl groups is 2. The predicted molar refractivity (Wildman–Crippen MR) is 120 cm³/mol. The molecule has 34 heavy (non-hydrogen) atoms. The lowest BCUT2D eigenvalue weighted by Crippen LogP contribution is -2.63. The van der Waals surface area contributed by atoms with Crippen LogP contribution >= 0.6 is 0 Å². The van der Waals surface area contributed by atoms with Gasteiger partial charge in [-0.1, -0.05) is 25.5 Å². The molecule has 0 radical (unpaired) electrons. The molecular weight excluding hydrogens is 464 g/mol. The van der Waals surface area contributed by atoms with Crippen LogP contribution in [0.3, 0.4) is 0 Å². The molecule has 3 fully saturated rings. The molecule has 4 aliphatic rings. The van der Waals surface area contributed by atoms with E-state index in [9.17, 15) is 33.0 Å². The molecule has 9 nitrogen and oxygen atoms in total. The summed E-state index contributed by atoms with van der Waals surface area (Å²) in [4.78, 5) is 38.1. The minimum atomic E-state index is -3.96. The van der Waals surface area contributed by atoms with Crippen molar-refractivity contribution in [1.82, 2.24) is 0 Å². The van der Waals surface area contributed by atoms with Crippen LogP contribution < -0.4 is 0 Å². The first kappa shape index (κ1) is 25.2. The smallest absolute Gasteiger partial charge is 0.312 e. The van der Waals surface area contributed by atoms with Gasteiger partial charge in [0.25, 0.3) is 10.1 Å². The van der Waals surface area contributed by atoms with Gasteiger partial charge in [-0.05, 0) is 49.7 Å². The number of Topliss-reactive ketones (excluding diaryl/α,β-unsaturated/α-hetero) is 1. The Bertz CT molecular complexity index is 1090. The SMILES string of the molecule is COC(=O)C1C[C@H]2[C@@H]3CCC4=CC(=O)C=C[C@]4(C)[C@H]3[C@@H](O)C[C@]2(C)[C@@]1(O)C(=O)COS(C)(=O)=O. The van der Waals surface area contributed by atoms with Gasteiger partial charge in [-0.3, -0.25) is 18.6 Å². The summed E-state index contributed by atoms with van der Waals surface area (Å²) in [5.74, 6) is -3.71. The van der Waals surface area contributed by atoms with Gasteiger partial charge in [-0.2, -0.15) is 8.42 Å². The van der Waals surface area contributed by atoms with E-state index in [1.165, 1.54) is 13.2 Å². The van der Waals surface area contributed by atoms with E-state index in [0.29, 0.717) is 12.8 Å². The standard InChI is InChI=1S/C24H32O9S/c1-22-8-7-14(25)9-13(22)5-6-15-16-10-17(21(28)32-3)24(29,19(27)12-33-34(4,30)31)23(16,2)11-18(26)20(15)22/h7-9,15-18,20,26,29H,5-6,10-12H2,1-4H3/t15-,16-,17?,18-,20+,22-,23-,24-/m0/s1. The van der Waals surface area contributed by atoms with E-state index in [-0.39, 0.29) is 36.4 Å². The molecule has 0 aromatic heterocycles. The molecule has 0 aromatic carbocycles. The van der Waals surface area contributed by atoms with Crippen LogP contribution in [-0.4, -0.2) is 67.8 Å². The number of hydrogen-bond acceptors (Lipinski definition) is 9. The number of carbonyl (C=O) groups is 3. The summed E-state index contributed by atoms with van der Waals surface area (Å²) >= 11 is 0. The fraction of sp³-hybridized carbons (Fsp3) is 0.708. The fourth-order valence-corrected chi connectivity index (χ4v) is 7.88. The molecule has 0 aromatic rings. The highest BCUT2D eigenvalue weighted by atomic mass is 32.2. The Morgan fingerprint density at radius 2 is 1.94 bits per heavy atom. The van der Waals surface area contributed by atoms with Gasteiger partial charge in [0.15, 0.2) is 11.6 Å². The number of hydrogen-bond donors (Lipinski definition) is 2. The number of ketones is 2. The largest absolute Gasteiger partial charge is 0.469 e. The molecular formula is C24H32O9S. The quantitative estimate of drug-likeness (QED) is 0.420. The van der Waals surface area contributed by atoms with Crippen LogP contribution in [0.1, 0.15) is 39.5 Å². The van der Waals surface area contributed by atoms with Crippen LogP contribution in [0.4, 0.5) is 0 Å². The van der Waals surface area contributed by atoms with E-state index >= 15 is 0 Å². The highest BCUT2D eigenvalue weighted by Crippen LogP contribution is 2.68. The highest BCUT2D eigenvalue weighted by Gasteiger charge is 2.73. The Balaban J connectivity index is 1.77. The normalized spacial score (nSPS) is 43.4. The first-order chi connectivity index (χ1) is 15.7. The van der Waals surface area contributed by atoms with Crippen molar-refractivity contribution in [2.45, 2.75) is 51.2 Å². The third kappa shape index (κ3) is 3.53. The summed E-state index contributed by atoms with van der Waals surface area (Å²) in [6.07, 6.45) is 6.30. The van der Waals surface area contributed by atoms with Gasteiger partial charge in [0, 0.05) is 16.7 Å². The van der Waals surface area contributed by atoms with E-state index in [1.54, 1.807) is 13.0 Å². The molecule has 0 spiro atoms. The topological polar surface area (TPSA) is 144 Å². The van der Waals surface area contributed by atoms with Crippen LogP contribution in [0.15, 0.2) is 23.8 Å². The summed E-state index contributed by atoms with van der Waals surface area (Å²) in [5.41, 5.74) is -3.07. The second kappa shape index (κ2) is 8.08. The maximum atomic E-state index is 13.3. The molecule has 0 amide bonds. The van der Waals surface area contributed by atoms with Crippen LogP contribution in [0, 0.1) is 34.5 Å². The summed E-state index contributed by atoms with van der Waals surface area (Å²) < 4.78 is 32.6. The van der Waals surface area contributed by atoms with Crippen LogP contribution in [0.5, 0.6) is 0 Å². The van der Waals surface area contributed by atoms with Crippen LogP contribution in [-0.2, 0) is 33.4 Å². The van der Waals surface area contributed by atoms with Crippen molar-refractivity contribution >= 4 is 27.7 Å². The number of allylic oxidation sites excluding steroid dienone is 4. The summed E-state index contributed by atoms with van der Waals surface area (Å²) in [6, 6.07) is 0. The second-order valence-electron chi connectivity index (χ2n) is 10.7. The number of fused-ring (bicyclic) bond motifs is 5. The summed E-state index contributed by atoms with van der Waals surface area (Å²) in [7, 11) is -2.79. The third-order valence-corrected chi connectivity index (χ3v) is 9.61. The van der Waals surface area contributed by atoms with Crippen molar-refractivity contribution in [3.63, 3.8) is 0 Å². The number of esters is 1. The molecule has 1 unspecified atom stereocenters. The Morgan fingerprint density at radius 1 is 1.26 bits per heavy atom. The van der Waals surface area contributed by atoms with Crippen LogP contribution in [0.25, 0.3) is 0 Å². The first-order valence-corrected chi connectivity index (χ1v) is 13.3. The molecule has 0 heterocycles. The van der Waals surface area contributed by atoms with Crippen molar-refractivity contribution in [2.75, 3.05) is 20.0 Å². The monoisotopic (exact) mass is 496 g/mol. The average Bonchev–Trinajstić information content (AvgIpc) is 2.99. The minimum absolute atomic E-state index is 0.0259. The molecule has 10 heteroatoms. The van der Waals surface area contributed by atoms with Gasteiger partial charge in [0.05, 0.1) is 25.4 Å². The molecule has 8 atom stereocenters. The molecule has 0 aliphatic heterocycles. The van der Waals surface area contributed by atoms with E-state index in [1.807, 2.05) is 13.0 Å². The van der Waals surface area contributed by atoms with Gasteiger partial charge >= 0.3 is 5.97 Å². The van der Waals surface area contributed by atoms with Crippen molar-refractivity contribution in [3.8, 4) is 0 Å². The summed E-state index contributed by atoms with van der Waals surface area (Å²) in [5, 5.41) is 23.3. The summed E-state index contributed by atoms with van der Waals surface area (Å²) in [6.45, 7) is 2.77. The lowest BCUT2D eigenvalue weighted by Gasteiger charge is -2.59. The number of ether oxygens (including phenoxy) is 1. The zero-order valence-electron chi connectivity index (χ0n) is 19.8. The molecule has 4 aliphatic carbocycles. The predicted octanol–water partition coefficient (Wildman–Crippen LogP) is 0.941. The van der Waals surface area contributed by atoms with Crippen molar-refractivity contribution in [2.24, 2.45) is 34.5 Å².